The lowest BCUT2D eigenvalue weighted by Gasteiger charge is -2.17. The van der Waals surface area contributed by atoms with Gasteiger partial charge >= 0.3 is 6.03 Å². The van der Waals surface area contributed by atoms with E-state index in [9.17, 15) is 19.2 Å². The van der Waals surface area contributed by atoms with Crippen LogP contribution in [-0.4, -0.2) is 48.7 Å². The Labute approximate surface area is 175 Å². The summed E-state index contributed by atoms with van der Waals surface area (Å²) >= 11 is 0. The number of hydrogen-bond acceptors (Lipinski definition) is 4. The third-order valence-corrected chi connectivity index (χ3v) is 4.22. The summed E-state index contributed by atoms with van der Waals surface area (Å²) in [6.45, 7) is 2.07. The Morgan fingerprint density at radius 1 is 1.00 bits per heavy atom. The first-order valence-electron chi connectivity index (χ1n) is 9.60. The van der Waals surface area contributed by atoms with E-state index in [1.165, 1.54) is 6.08 Å². The zero-order chi connectivity index (χ0) is 21.8. The fourth-order valence-electron chi connectivity index (χ4n) is 2.75. The molecule has 0 aromatic heterocycles. The predicted octanol–water partition coefficient (Wildman–Crippen LogP) is 2.34. The molecule has 2 rings (SSSR count). The monoisotopic (exact) mass is 406 g/mol. The predicted molar refractivity (Wildman–Crippen MR) is 114 cm³/mol. The lowest BCUT2D eigenvalue weighted by Crippen LogP contribution is -2.44. The topological polar surface area (TPSA) is 95.6 Å². The summed E-state index contributed by atoms with van der Waals surface area (Å²) in [5.74, 6) is -0.805. The Morgan fingerprint density at radius 3 is 2.40 bits per heavy atom. The van der Waals surface area contributed by atoms with Crippen molar-refractivity contribution in [1.82, 2.24) is 15.5 Å². The van der Waals surface area contributed by atoms with Crippen molar-refractivity contribution in [3.05, 3.63) is 77.4 Å². The van der Waals surface area contributed by atoms with E-state index in [1.54, 1.807) is 30.6 Å². The summed E-state index contributed by atoms with van der Waals surface area (Å²) in [5.41, 5.74) is 2.10. The Bertz CT molecular complexity index is 910. The fourth-order valence-corrected chi connectivity index (χ4v) is 2.75. The van der Waals surface area contributed by atoms with Crippen LogP contribution in [0.25, 0.3) is 6.08 Å². The quantitative estimate of drug-likeness (QED) is 0.625. The van der Waals surface area contributed by atoms with Gasteiger partial charge in [-0.2, -0.15) is 0 Å². The molecule has 2 N–H and O–H groups in total. The van der Waals surface area contributed by atoms with Gasteiger partial charge in [-0.05, 0) is 36.6 Å². The maximum Gasteiger partial charge on any atom is 0.324 e. The van der Waals surface area contributed by atoms with Gasteiger partial charge in [0.15, 0.2) is 0 Å². The fraction of sp³-hybridized carbons (Fsp3) is 0.217. The van der Waals surface area contributed by atoms with Gasteiger partial charge in [-0.15, -0.1) is 0 Å². The smallest absolute Gasteiger partial charge is 0.324 e. The second kappa shape index (κ2) is 12.0. The highest BCUT2D eigenvalue weighted by Gasteiger charge is 2.19. The van der Waals surface area contributed by atoms with Crippen LogP contribution in [0.1, 0.15) is 28.4 Å². The summed E-state index contributed by atoms with van der Waals surface area (Å²) < 4.78 is 0. The largest absolute Gasteiger partial charge is 0.352 e. The third-order valence-electron chi connectivity index (χ3n) is 4.22. The van der Waals surface area contributed by atoms with E-state index in [4.69, 9.17) is 0 Å². The molecule has 7 nitrogen and oxygen atoms in total. The number of nitrogens with one attached hydrogen (secondary N) is 2. The number of amides is 4. The SMILES string of the molecule is CCNC(=O)c1ccccc1CCNC(=O)N(C[C]=O)C(=O)/C=C/c1ccccc1. The Balaban J connectivity index is 1.97. The zero-order valence-electron chi connectivity index (χ0n) is 16.8. The second-order valence-corrected chi connectivity index (χ2v) is 6.31. The molecule has 1 radical (unpaired) electrons. The van der Waals surface area contributed by atoms with Crippen molar-refractivity contribution in [3.8, 4) is 0 Å². The van der Waals surface area contributed by atoms with E-state index in [1.807, 2.05) is 43.3 Å². The van der Waals surface area contributed by atoms with Gasteiger partial charge in [0.1, 0.15) is 0 Å². The highest BCUT2D eigenvalue weighted by atomic mass is 16.2. The van der Waals surface area contributed by atoms with E-state index in [0.29, 0.717) is 18.5 Å². The summed E-state index contributed by atoms with van der Waals surface area (Å²) in [5, 5.41) is 5.36. The van der Waals surface area contributed by atoms with Crippen LogP contribution < -0.4 is 10.6 Å². The van der Waals surface area contributed by atoms with Crippen LogP contribution in [0.4, 0.5) is 4.79 Å². The van der Waals surface area contributed by atoms with Crippen LogP contribution in [0.2, 0.25) is 0 Å². The molecule has 0 bridgehead atoms. The molecule has 0 saturated heterocycles. The first kappa shape index (κ1) is 22.5. The summed E-state index contributed by atoms with van der Waals surface area (Å²) in [6.07, 6.45) is 4.77. The van der Waals surface area contributed by atoms with Gasteiger partial charge in [-0.25, -0.2) is 4.79 Å². The van der Waals surface area contributed by atoms with Crippen LogP contribution in [0.5, 0.6) is 0 Å². The van der Waals surface area contributed by atoms with Crippen molar-refractivity contribution in [2.24, 2.45) is 0 Å². The van der Waals surface area contributed by atoms with E-state index < -0.39 is 18.5 Å². The van der Waals surface area contributed by atoms with Crippen molar-refractivity contribution in [3.63, 3.8) is 0 Å². The van der Waals surface area contributed by atoms with Gasteiger partial charge in [0.2, 0.25) is 6.29 Å². The van der Waals surface area contributed by atoms with Crippen LogP contribution in [0, 0.1) is 0 Å². The molecule has 0 unspecified atom stereocenters. The van der Waals surface area contributed by atoms with Crippen LogP contribution in [0.3, 0.4) is 0 Å². The highest BCUT2D eigenvalue weighted by Crippen LogP contribution is 2.09. The number of urea groups is 1. The molecule has 0 atom stereocenters. The van der Waals surface area contributed by atoms with Gasteiger partial charge in [-0.1, -0.05) is 48.5 Å². The molecule has 7 heteroatoms. The Kier molecular flexibility index (Phi) is 8.99. The van der Waals surface area contributed by atoms with E-state index >= 15 is 0 Å². The number of rotatable bonds is 9. The number of benzene rings is 2. The first-order valence-corrected chi connectivity index (χ1v) is 9.60. The maximum absolute atomic E-state index is 12.4. The highest BCUT2D eigenvalue weighted by molar-refractivity contribution is 6.03. The van der Waals surface area contributed by atoms with E-state index in [-0.39, 0.29) is 12.5 Å². The minimum Gasteiger partial charge on any atom is -0.352 e. The zero-order valence-corrected chi connectivity index (χ0v) is 16.8. The molecule has 0 aliphatic rings. The average molecular weight is 406 g/mol. The molecule has 2 aromatic rings. The summed E-state index contributed by atoms with van der Waals surface area (Å²) in [7, 11) is 0. The van der Waals surface area contributed by atoms with Crippen LogP contribution in [0.15, 0.2) is 60.7 Å². The van der Waals surface area contributed by atoms with E-state index in [2.05, 4.69) is 10.6 Å². The van der Waals surface area contributed by atoms with Crippen LogP contribution in [-0.2, 0) is 16.0 Å². The van der Waals surface area contributed by atoms with E-state index in [0.717, 1.165) is 16.0 Å². The number of hydrogen-bond donors (Lipinski definition) is 2. The standard InChI is InChI=1S/C23H24N3O4/c1-2-24-22(29)20-11-7-6-10-19(20)14-15-25-23(30)26(16-17-27)21(28)13-12-18-8-4-3-5-9-18/h3-13H,2,14-16H2,1H3,(H,24,29)(H,25,30)/b13-12+. The number of imide groups is 1. The number of carbonyl (C=O) groups is 3. The van der Waals surface area contributed by atoms with Crippen molar-refractivity contribution < 1.29 is 19.2 Å². The minimum atomic E-state index is -0.698. The van der Waals surface area contributed by atoms with Crippen molar-refractivity contribution in [1.29, 1.82) is 0 Å². The molecule has 0 aliphatic heterocycles. The summed E-state index contributed by atoms with van der Waals surface area (Å²) in [4.78, 5) is 48.5. The lowest BCUT2D eigenvalue weighted by atomic mass is 10.0. The molecule has 0 aliphatic carbocycles. The minimum absolute atomic E-state index is 0.183. The van der Waals surface area contributed by atoms with Gasteiger partial charge in [0, 0.05) is 24.7 Å². The number of carbonyl (C=O) groups excluding carboxylic acids is 4. The number of nitrogens with zero attached hydrogens (tertiary/aromatic N) is 1. The summed E-state index contributed by atoms with van der Waals surface area (Å²) in [6, 6.07) is 15.5. The molecule has 155 valence electrons. The van der Waals surface area contributed by atoms with Gasteiger partial charge in [0.25, 0.3) is 11.8 Å². The molecule has 0 fully saturated rings. The lowest BCUT2D eigenvalue weighted by molar-refractivity contribution is -0.122. The van der Waals surface area contributed by atoms with Gasteiger partial charge in [0.05, 0.1) is 6.54 Å². The normalized spacial score (nSPS) is 10.4. The molecular formula is C23H24N3O4. The second-order valence-electron chi connectivity index (χ2n) is 6.31. The van der Waals surface area contributed by atoms with Crippen LogP contribution >= 0.6 is 0 Å². The molecule has 0 saturated carbocycles. The maximum atomic E-state index is 12.4. The Hall–Kier alpha value is -3.74. The average Bonchev–Trinajstić information content (AvgIpc) is 2.77. The van der Waals surface area contributed by atoms with Crippen molar-refractivity contribution in [2.45, 2.75) is 13.3 Å². The van der Waals surface area contributed by atoms with Crippen molar-refractivity contribution >= 4 is 30.2 Å². The molecule has 0 spiro atoms. The molecule has 4 amide bonds. The first-order chi connectivity index (χ1) is 14.6. The molecular weight excluding hydrogens is 382 g/mol. The molecule has 0 heterocycles. The van der Waals surface area contributed by atoms with Gasteiger partial charge < -0.3 is 10.6 Å². The Morgan fingerprint density at radius 2 is 1.70 bits per heavy atom. The molecule has 2 aromatic carbocycles. The van der Waals surface area contributed by atoms with Crippen molar-refractivity contribution in [2.75, 3.05) is 19.6 Å². The third kappa shape index (κ3) is 6.70. The van der Waals surface area contributed by atoms with Gasteiger partial charge in [-0.3, -0.25) is 19.3 Å². The molecule has 30 heavy (non-hydrogen) atoms.